The van der Waals surface area contributed by atoms with Crippen LogP contribution >= 0.6 is 0 Å². The maximum absolute atomic E-state index is 12.3. The molecule has 0 spiro atoms. The molecule has 0 fully saturated rings. The van der Waals surface area contributed by atoms with Gasteiger partial charge in [0, 0.05) is 25.8 Å². The van der Waals surface area contributed by atoms with Crippen LogP contribution in [0.3, 0.4) is 0 Å². The summed E-state index contributed by atoms with van der Waals surface area (Å²) >= 11 is 0. The molecule has 62 heavy (non-hydrogen) atoms. The fourth-order valence-corrected chi connectivity index (χ4v) is 9.13. The summed E-state index contributed by atoms with van der Waals surface area (Å²) in [6.07, 6.45) is 68.3. The zero-order valence-corrected chi connectivity index (χ0v) is 42.6. The Morgan fingerprint density at radius 1 is 0.355 bits per heavy atom. The van der Waals surface area contributed by atoms with Gasteiger partial charge in [-0.3, -0.25) is 9.59 Å². The van der Waals surface area contributed by atoms with Gasteiger partial charge < -0.3 is 10.4 Å². The summed E-state index contributed by atoms with van der Waals surface area (Å²) in [5.41, 5.74) is 0. The summed E-state index contributed by atoms with van der Waals surface area (Å²) in [5.74, 6) is 0.604. The molecule has 0 aliphatic heterocycles. The minimum atomic E-state index is -0.400. The lowest BCUT2D eigenvalue weighted by atomic mass is 10.0. The highest BCUT2D eigenvalue weighted by molar-refractivity contribution is 5.78. The number of allylic oxidation sites excluding steroid dienone is 2. The van der Waals surface area contributed by atoms with Crippen molar-refractivity contribution in [2.24, 2.45) is 0 Å². The van der Waals surface area contributed by atoms with Crippen molar-refractivity contribution in [3.8, 4) is 0 Å². The molecule has 0 rings (SSSR count). The van der Waals surface area contributed by atoms with Crippen LogP contribution in [0.4, 0.5) is 0 Å². The third-order valence-corrected chi connectivity index (χ3v) is 13.5. The lowest BCUT2D eigenvalue weighted by Gasteiger charge is -2.12. The van der Waals surface area contributed by atoms with E-state index in [0.29, 0.717) is 18.7 Å². The predicted octanol–water partition coefficient (Wildman–Crippen LogP) is 19.1. The molecule has 0 aromatic heterocycles. The van der Waals surface area contributed by atoms with E-state index >= 15 is 0 Å². The zero-order chi connectivity index (χ0) is 44.9. The molecule has 0 aliphatic rings. The van der Waals surface area contributed by atoms with Crippen LogP contribution in [0.25, 0.3) is 0 Å². The van der Waals surface area contributed by atoms with Crippen molar-refractivity contribution in [2.75, 3.05) is 6.54 Å². The number of unbranched alkanes of at least 4 members (excludes halogenated alkanes) is 42. The Labute approximate surface area is 390 Å². The zero-order valence-electron chi connectivity index (χ0n) is 42.6. The molecule has 4 nitrogen and oxygen atoms in total. The fourth-order valence-electron chi connectivity index (χ4n) is 9.13. The maximum Gasteiger partial charge on any atom is 0.220 e. The third kappa shape index (κ3) is 53.2. The molecular formula is C58H113NO3. The Morgan fingerprint density at radius 3 is 0.935 bits per heavy atom. The van der Waals surface area contributed by atoms with Crippen LogP contribution < -0.4 is 5.32 Å². The van der Waals surface area contributed by atoms with E-state index < -0.39 is 6.10 Å². The standard InChI is InChI=1S/C58H113NO3/c1-3-5-7-9-11-13-15-17-19-21-22-23-25-27-31-35-39-43-47-51-56(60)52-48-44-40-36-32-29-26-30-34-38-42-46-50-54-58(62)59-55-57(61)53-49-45-41-37-33-28-24-20-18-16-14-12-10-8-6-4-2/h17,19,57,61H,3-16,18,20-55H2,1-2H3,(H,59,62)/b19-17-/t57-/m1/s1. The van der Waals surface area contributed by atoms with Gasteiger partial charge in [0.1, 0.15) is 5.78 Å². The van der Waals surface area contributed by atoms with Gasteiger partial charge in [-0.05, 0) is 51.4 Å². The minimum Gasteiger partial charge on any atom is -0.391 e. The van der Waals surface area contributed by atoms with Gasteiger partial charge in [0.2, 0.25) is 5.91 Å². The van der Waals surface area contributed by atoms with E-state index in [4.69, 9.17) is 0 Å². The SMILES string of the molecule is CCCCCCCC/C=C\CCCCCCCCCCCC(=O)CCCCCCCCCCCCCCCC(=O)NC[C@H](O)CCCCCCCCCCCCCCCCCC. The van der Waals surface area contributed by atoms with Crippen molar-refractivity contribution < 1.29 is 14.7 Å². The third-order valence-electron chi connectivity index (χ3n) is 13.5. The second kappa shape index (κ2) is 54.2. The van der Waals surface area contributed by atoms with Crippen LogP contribution in [0.15, 0.2) is 12.2 Å². The van der Waals surface area contributed by atoms with Crippen LogP contribution in [0.5, 0.6) is 0 Å². The predicted molar refractivity (Wildman–Crippen MR) is 275 cm³/mol. The first-order valence-corrected chi connectivity index (χ1v) is 28.7. The van der Waals surface area contributed by atoms with Crippen LogP contribution in [0.1, 0.15) is 335 Å². The van der Waals surface area contributed by atoms with E-state index in [0.717, 1.165) is 51.4 Å². The molecule has 0 unspecified atom stereocenters. The summed E-state index contributed by atoms with van der Waals surface area (Å²) in [5, 5.41) is 13.3. The van der Waals surface area contributed by atoms with Gasteiger partial charge in [-0.1, -0.05) is 276 Å². The highest BCUT2D eigenvalue weighted by Crippen LogP contribution is 2.17. The number of hydrogen-bond donors (Lipinski definition) is 2. The summed E-state index contributed by atoms with van der Waals surface area (Å²) in [6.45, 7) is 4.99. The highest BCUT2D eigenvalue weighted by Gasteiger charge is 2.08. The number of Topliss-reactive ketones (excluding diaryl/α,β-unsaturated/α-hetero) is 1. The number of aliphatic hydroxyl groups excluding tert-OH is 1. The molecule has 0 saturated heterocycles. The van der Waals surface area contributed by atoms with Crippen molar-refractivity contribution in [1.82, 2.24) is 5.32 Å². The summed E-state index contributed by atoms with van der Waals surface area (Å²) in [6, 6.07) is 0. The molecule has 0 radical (unpaired) electrons. The first kappa shape index (κ1) is 60.8. The lowest BCUT2D eigenvalue weighted by molar-refractivity contribution is -0.121. The van der Waals surface area contributed by atoms with E-state index in [1.165, 1.54) is 263 Å². The first-order valence-electron chi connectivity index (χ1n) is 28.7. The molecule has 0 aromatic carbocycles. The average molecular weight is 873 g/mol. The molecule has 0 bridgehead atoms. The van der Waals surface area contributed by atoms with Crippen LogP contribution in [-0.4, -0.2) is 29.4 Å². The molecule has 0 aromatic rings. The van der Waals surface area contributed by atoms with Gasteiger partial charge in [-0.15, -0.1) is 0 Å². The number of hydrogen-bond acceptors (Lipinski definition) is 3. The largest absolute Gasteiger partial charge is 0.391 e. The number of carbonyl (C=O) groups is 2. The Balaban J connectivity index is 3.29. The normalized spacial score (nSPS) is 12.2. The number of rotatable bonds is 54. The average Bonchev–Trinajstić information content (AvgIpc) is 3.27. The lowest BCUT2D eigenvalue weighted by Crippen LogP contribution is -2.31. The molecule has 368 valence electrons. The van der Waals surface area contributed by atoms with E-state index in [2.05, 4.69) is 31.3 Å². The number of aliphatic hydroxyl groups is 1. The van der Waals surface area contributed by atoms with Crippen molar-refractivity contribution >= 4 is 11.7 Å². The van der Waals surface area contributed by atoms with Gasteiger partial charge >= 0.3 is 0 Å². The maximum atomic E-state index is 12.3. The van der Waals surface area contributed by atoms with E-state index in [1.54, 1.807) is 0 Å². The van der Waals surface area contributed by atoms with Gasteiger partial charge in [0.25, 0.3) is 0 Å². The summed E-state index contributed by atoms with van der Waals surface area (Å²) < 4.78 is 0. The quantitative estimate of drug-likeness (QED) is 0.0473. The molecule has 0 saturated carbocycles. The van der Waals surface area contributed by atoms with Gasteiger partial charge in [-0.2, -0.15) is 0 Å². The molecule has 1 atom stereocenters. The first-order chi connectivity index (χ1) is 30.6. The second-order valence-electron chi connectivity index (χ2n) is 19.9. The Kier molecular flexibility index (Phi) is 53.2. The Morgan fingerprint density at radius 2 is 0.613 bits per heavy atom. The summed E-state index contributed by atoms with van der Waals surface area (Å²) in [4.78, 5) is 24.5. The summed E-state index contributed by atoms with van der Waals surface area (Å²) in [7, 11) is 0. The van der Waals surface area contributed by atoms with E-state index in [9.17, 15) is 14.7 Å². The molecule has 1 amide bonds. The fraction of sp³-hybridized carbons (Fsp3) is 0.931. The monoisotopic (exact) mass is 872 g/mol. The minimum absolute atomic E-state index is 0.104. The van der Waals surface area contributed by atoms with E-state index in [-0.39, 0.29) is 5.91 Å². The number of nitrogens with one attached hydrogen (secondary N) is 1. The second-order valence-corrected chi connectivity index (χ2v) is 19.9. The molecular weight excluding hydrogens is 759 g/mol. The Hall–Kier alpha value is -1.16. The molecule has 0 heterocycles. The topological polar surface area (TPSA) is 66.4 Å². The van der Waals surface area contributed by atoms with Crippen LogP contribution in [0, 0.1) is 0 Å². The van der Waals surface area contributed by atoms with Gasteiger partial charge in [-0.25, -0.2) is 0 Å². The number of amides is 1. The van der Waals surface area contributed by atoms with Crippen LogP contribution in [0.2, 0.25) is 0 Å². The van der Waals surface area contributed by atoms with E-state index in [1.807, 2.05) is 0 Å². The van der Waals surface area contributed by atoms with Crippen molar-refractivity contribution in [3.05, 3.63) is 12.2 Å². The van der Waals surface area contributed by atoms with Gasteiger partial charge in [0.15, 0.2) is 0 Å². The Bertz CT molecular complexity index is 901. The number of ketones is 1. The highest BCUT2D eigenvalue weighted by atomic mass is 16.3. The smallest absolute Gasteiger partial charge is 0.220 e. The van der Waals surface area contributed by atoms with Gasteiger partial charge in [0.05, 0.1) is 6.10 Å². The molecule has 0 aliphatic carbocycles. The van der Waals surface area contributed by atoms with Crippen molar-refractivity contribution in [2.45, 2.75) is 341 Å². The van der Waals surface area contributed by atoms with Crippen molar-refractivity contribution in [1.29, 1.82) is 0 Å². The molecule has 4 heteroatoms. The number of carbonyl (C=O) groups excluding carboxylic acids is 2. The van der Waals surface area contributed by atoms with Crippen molar-refractivity contribution in [3.63, 3.8) is 0 Å². The molecule has 2 N–H and O–H groups in total. The van der Waals surface area contributed by atoms with Crippen LogP contribution in [-0.2, 0) is 9.59 Å².